The quantitative estimate of drug-likeness (QED) is 0.332. The summed E-state index contributed by atoms with van der Waals surface area (Å²) in [5.74, 6) is -1.08. The molecule has 1 aliphatic rings. The predicted octanol–water partition coefficient (Wildman–Crippen LogP) is 5.36. The number of phenolic OH excluding ortho intramolecular Hbond substituents is 1. The van der Waals surface area contributed by atoms with Crippen LogP contribution in [-0.2, 0) is 9.59 Å². The maximum Gasteiger partial charge on any atom is 0.295 e. The Morgan fingerprint density at radius 3 is 2.50 bits per heavy atom. The van der Waals surface area contributed by atoms with Crippen LogP contribution in [0.1, 0.15) is 56.3 Å². The van der Waals surface area contributed by atoms with Crippen LogP contribution < -0.4 is 4.74 Å². The molecule has 7 heteroatoms. The Kier molecular flexibility index (Phi) is 7.14. The number of unbranched alkanes of at least 4 members (excludes halogenated alkanes) is 1. The van der Waals surface area contributed by atoms with Gasteiger partial charge in [-0.3, -0.25) is 9.59 Å². The van der Waals surface area contributed by atoms with Crippen LogP contribution in [0.4, 0.5) is 0 Å². The van der Waals surface area contributed by atoms with Gasteiger partial charge in [0.2, 0.25) is 0 Å². The Morgan fingerprint density at radius 2 is 1.91 bits per heavy atom. The Morgan fingerprint density at radius 1 is 1.19 bits per heavy atom. The number of benzene rings is 2. The van der Waals surface area contributed by atoms with Gasteiger partial charge in [0, 0.05) is 12.1 Å². The highest BCUT2D eigenvalue weighted by atomic mass is 35.5. The number of aliphatic hydroxyl groups excluding tert-OH is 1. The number of hydrogen-bond acceptors (Lipinski definition) is 5. The van der Waals surface area contributed by atoms with Crippen LogP contribution in [0.3, 0.4) is 0 Å². The smallest absolute Gasteiger partial charge is 0.295 e. The molecular formula is C25H28ClNO5. The Balaban J connectivity index is 2.14. The molecule has 2 N–H and O–H groups in total. The van der Waals surface area contributed by atoms with Gasteiger partial charge in [-0.2, -0.15) is 0 Å². The van der Waals surface area contributed by atoms with Crippen molar-refractivity contribution in [3.63, 3.8) is 0 Å². The standard InChI is InChI=1S/C25H28ClNO5/c1-5-6-11-27-22(16-7-9-19(28)18(26)13-16)21(24(30)25(27)31)23(29)17-8-10-20(15(4)12-17)32-14(2)3/h7-10,12-14,22,28-29H,5-6,11H2,1-4H3/b23-21-. The van der Waals surface area contributed by atoms with Crippen LogP contribution in [0.25, 0.3) is 5.76 Å². The summed E-state index contributed by atoms with van der Waals surface area (Å²) in [6.07, 6.45) is 1.54. The number of likely N-dealkylation sites (tertiary alicyclic amines) is 1. The molecule has 2 aromatic carbocycles. The lowest BCUT2D eigenvalue weighted by atomic mass is 9.94. The predicted molar refractivity (Wildman–Crippen MR) is 124 cm³/mol. The van der Waals surface area contributed by atoms with Crippen LogP contribution in [0, 0.1) is 6.92 Å². The molecule has 3 rings (SSSR count). The van der Waals surface area contributed by atoms with Gasteiger partial charge in [-0.25, -0.2) is 0 Å². The van der Waals surface area contributed by atoms with E-state index in [4.69, 9.17) is 16.3 Å². The minimum atomic E-state index is -0.799. The number of ether oxygens (including phenoxy) is 1. The van der Waals surface area contributed by atoms with Crippen molar-refractivity contribution in [1.82, 2.24) is 4.90 Å². The van der Waals surface area contributed by atoms with E-state index >= 15 is 0 Å². The zero-order valence-corrected chi connectivity index (χ0v) is 19.4. The monoisotopic (exact) mass is 457 g/mol. The van der Waals surface area contributed by atoms with Crippen LogP contribution in [-0.4, -0.2) is 39.5 Å². The molecule has 0 aliphatic carbocycles. The molecule has 170 valence electrons. The summed E-state index contributed by atoms with van der Waals surface area (Å²) in [5.41, 5.74) is 1.76. The van der Waals surface area contributed by atoms with Crippen LogP contribution in [0.2, 0.25) is 5.02 Å². The van der Waals surface area contributed by atoms with Crippen LogP contribution in [0.5, 0.6) is 11.5 Å². The van der Waals surface area contributed by atoms with Gasteiger partial charge in [0.15, 0.2) is 0 Å². The Hall–Kier alpha value is -2.99. The first kappa shape index (κ1) is 23.7. The average molecular weight is 458 g/mol. The first-order valence-electron chi connectivity index (χ1n) is 10.7. The van der Waals surface area contributed by atoms with E-state index in [0.717, 1.165) is 12.0 Å². The first-order chi connectivity index (χ1) is 15.1. The van der Waals surface area contributed by atoms with Gasteiger partial charge in [0.1, 0.15) is 17.3 Å². The number of ketones is 1. The molecule has 1 unspecified atom stereocenters. The number of rotatable bonds is 7. The molecule has 0 bridgehead atoms. The van der Waals surface area contributed by atoms with E-state index in [1.807, 2.05) is 27.7 Å². The van der Waals surface area contributed by atoms with E-state index in [9.17, 15) is 19.8 Å². The molecule has 0 saturated carbocycles. The number of aromatic hydroxyl groups is 1. The van der Waals surface area contributed by atoms with Crippen LogP contribution in [0.15, 0.2) is 42.0 Å². The van der Waals surface area contributed by atoms with Gasteiger partial charge in [-0.15, -0.1) is 0 Å². The minimum Gasteiger partial charge on any atom is -0.507 e. The molecule has 6 nitrogen and oxygen atoms in total. The van der Waals surface area contributed by atoms with Crippen molar-refractivity contribution in [3.8, 4) is 11.5 Å². The van der Waals surface area contributed by atoms with Crippen LogP contribution >= 0.6 is 11.6 Å². The van der Waals surface area contributed by atoms with Crippen molar-refractivity contribution in [2.24, 2.45) is 0 Å². The lowest BCUT2D eigenvalue weighted by Crippen LogP contribution is -2.30. The number of aliphatic hydroxyl groups is 1. The molecule has 32 heavy (non-hydrogen) atoms. The molecule has 2 aromatic rings. The summed E-state index contributed by atoms with van der Waals surface area (Å²) in [6, 6.07) is 8.88. The third-order valence-electron chi connectivity index (χ3n) is 5.39. The minimum absolute atomic E-state index is 0.00344. The summed E-state index contributed by atoms with van der Waals surface area (Å²) in [7, 11) is 0. The molecule has 1 atom stereocenters. The fourth-order valence-electron chi connectivity index (χ4n) is 3.82. The lowest BCUT2D eigenvalue weighted by molar-refractivity contribution is -0.139. The molecule has 0 spiro atoms. The largest absolute Gasteiger partial charge is 0.507 e. The average Bonchev–Trinajstić information content (AvgIpc) is 2.99. The third-order valence-corrected chi connectivity index (χ3v) is 5.69. The fraction of sp³-hybridized carbons (Fsp3) is 0.360. The second kappa shape index (κ2) is 9.65. The summed E-state index contributed by atoms with van der Waals surface area (Å²) >= 11 is 6.11. The third kappa shape index (κ3) is 4.60. The molecule has 1 heterocycles. The number of aryl methyl sites for hydroxylation is 1. The number of carbonyl (C=O) groups excluding carboxylic acids is 2. The second-order valence-electron chi connectivity index (χ2n) is 8.20. The lowest BCUT2D eigenvalue weighted by Gasteiger charge is -2.25. The highest BCUT2D eigenvalue weighted by molar-refractivity contribution is 6.46. The molecular weight excluding hydrogens is 430 g/mol. The highest BCUT2D eigenvalue weighted by Gasteiger charge is 2.45. The number of halogens is 1. The van der Waals surface area contributed by atoms with Gasteiger partial charge in [0.25, 0.3) is 11.7 Å². The zero-order chi connectivity index (χ0) is 23.6. The summed E-state index contributed by atoms with van der Waals surface area (Å²) in [5, 5.41) is 21.1. The number of Topliss-reactive ketones (excluding diaryl/α,β-unsaturated/α-hetero) is 1. The Labute approximate surface area is 193 Å². The fourth-order valence-corrected chi connectivity index (χ4v) is 4.01. The zero-order valence-electron chi connectivity index (χ0n) is 18.7. The van der Waals surface area contributed by atoms with E-state index < -0.39 is 17.7 Å². The summed E-state index contributed by atoms with van der Waals surface area (Å²) in [4.78, 5) is 27.3. The van der Waals surface area contributed by atoms with Gasteiger partial charge in [0.05, 0.1) is 22.7 Å². The number of amides is 1. The molecule has 0 aromatic heterocycles. The molecule has 1 saturated heterocycles. The van der Waals surface area contributed by atoms with Crippen molar-refractivity contribution < 1.29 is 24.5 Å². The van der Waals surface area contributed by atoms with Gasteiger partial charge < -0.3 is 19.8 Å². The van der Waals surface area contributed by atoms with E-state index in [-0.39, 0.29) is 28.2 Å². The van der Waals surface area contributed by atoms with Crippen molar-refractivity contribution in [3.05, 3.63) is 63.7 Å². The number of hydrogen-bond donors (Lipinski definition) is 2. The normalized spacial score (nSPS) is 17.9. The summed E-state index contributed by atoms with van der Waals surface area (Å²) in [6.45, 7) is 8.06. The maximum absolute atomic E-state index is 13.0. The second-order valence-corrected chi connectivity index (χ2v) is 8.61. The molecule has 1 fully saturated rings. The van der Waals surface area contributed by atoms with Crippen molar-refractivity contribution in [2.45, 2.75) is 52.7 Å². The van der Waals surface area contributed by atoms with E-state index in [1.165, 1.54) is 17.0 Å². The van der Waals surface area contributed by atoms with Crippen molar-refractivity contribution in [1.29, 1.82) is 0 Å². The SMILES string of the molecule is CCCCN1C(=O)C(=O)/C(=C(\O)c2ccc(OC(C)C)c(C)c2)C1c1ccc(O)c(Cl)c1. The maximum atomic E-state index is 13.0. The number of nitrogens with zero attached hydrogens (tertiary/aromatic N) is 1. The first-order valence-corrected chi connectivity index (χ1v) is 11.1. The topological polar surface area (TPSA) is 87.1 Å². The Bertz CT molecular complexity index is 1080. The molecule has 1 amide bonds. The van der Waals surface area contributed by atoms with Crippen molar-refractivity contribution >= 4 is 29.1 Å². The van der Waals surface area contributed by atoms with E-state index in [1.54, 1.807) is 24.3 Å². The molecule has 0 radical (unpaired) electrons. The van der Waals surface area contributed by atoms with Gasteiger partial charge in [-0.05, 0) is 68.7 Å². The summed E-state index contributed by atoms with van der Waals surface area (Å²) < 4.78 is 5.75. The van der Waals surface area contributed by atoms with E-state index in [0.29, 0.717) is 29.8 Å². The van der Waals surface area contributed by atoms with E-state index in [2.05, 4.69) is 0 Å². The molecule has 1 aliphatic heterocycles. The number of phenols is 1. The van der Waals surface area contributed by atoms with Gasteiger partial charge >= 0.3 is 0 Å². The highest BCUT2D eigenvalue weighted by Crippen LogP contribution is 2.41. The van der Waals surface area contributed by atoms with Crippen molar-refractivity contribution in [2.75, 3.05) is 6.54 Å². The number of carbonyl (C=O) groups is 2. The van der Waals surface area contributed by atoms with Gasteiger partial charge in [-0.1, -0.05) is 31.0 Å².